The Kier molecular flexibility index (Phi) is 4.28. The first-order valence-electron chi connectivity index (χ1n) is 6.90. The van der Waals surface area contributed by atoms with Crippen LogP contribution >= 0.6 is 0 Å². The third-order valence-corrected chi connectivity index (χ3v) is 4.71. The lowest BCUT2D eigenvalue weighted by Gasteiger charge is -2.09. The maximum Gasteiger partial charge on any atom is 0.244 e. The number of aromatic hydroxyl groups is 1. The fourth-order valence-corrected chi connectivity index (χ4v) is 3.22. The molecular weight excluding hydrogens is 335 g/mol. The molecular formula is C15H13FN4O3S. The van der Waals surface area contributed by atoms with Crippen molar-refractivity contribution in [1.82, 2.24) is 19.7 Å². The van der Waals surface area contributed by atoms with Gasteiger partial charge in [-0.3, -0.25) is 0 Å². The highest BCUT2D eigenvalue weighted by molar-refractivity contribution is 7.89. The molecule has 0 aliphatic rings. The van der Waals surface area contributed by atoms with Gasteiger partial charge in [-0.25, -0.2) is 22.2 Å². The van der Waals surface area contributed by atoms with Crippen molar-refractivity contribution in [2.45, 2.75) is 11.4 Å². The van der Waals surface area contributed by atoms with E-state index in [2.05, 4.69) is 15.0 Å². The van der Waals surface area contributed by atoms with Gasteiger partial charge in [-0.2, -0.15) is 0 Å². The van der Waals surface area contributed by atoms with Crippen molar-refractivity contribution >= 4 is 10.0 Å². The summed E-state index contributed by atoms with van der Waals surface area (Å²) in [6.07, 6.45) is 1.42. The predicted octanol–water partition coefficient (Wildman–Crippen LogP) is 1.59. The van der Waals surface area contributed by atoms with E-state index >= 15 is 0 Å². The average molecular weight is 348 g/mol. The maximum atomic E-state index is 13.2. The first-order valence-corrected chi connectivity index (χ1v) is 8.39. The van der Waals surface area contributed by atoms with Crippen molar-refractivity contribution in [3.63, 3.8) is 0 Å². The Bertz CT molecular complexity index is 958. The molecule has 0 radical (unpaired) electrons. The van der Waals surface area contributed by atoms with Gasteiger partial charge in [-0.05, 0) is 30.3 Å². The van der Waals surface area contributed by atoms with E-state index in [1.807, 2.05) is 18.2 Å². The highest BCUT2D eigenvalue weighted by atomic mass is 32.2. The Morgan fingerprint density at radius 1 is 1.17 bits per heavy atom. The van der Waals surface area contributed by atoms with Crippen molar-refractivity contribution < 1.29 is 17.9 Å². The molecule has 3 aromatic rings. The Balaban J connectivity index is 1.84. The Morgan fingerprint density at radius 2 is 1.92 bits per heavy atom. The molecule has 0 amide bonds. The lowest BCUT2D eigenvalue weighted by molar-refractivity contribution is 0.454. The van der Waals surface area contributed by atoms with Gasteiger partial charge in [-0.1, -0.05) is 23.4 Å². The van der Waals surface area contributed by atoms with Crippen LogP contribution in [0.5, 0.6) is 5.75 Å². The number of halogens is 1. The molecule has 0 aliphatic heterocycles. The molecule has 1 heterocycles. The van der Waals surface area contributed by atoms with Gasteiger partial charge in [0.25, 0.3) is 0 Å². The Morgan fingerprint density at radius 3 is 2.67 bits per heavy atom. The summed E-state index contributed by atoms with van der Waals surface area (Å²) in [7, 11) is -4.10. The molecule has 0 fully saturated rings. The minimum Gasteiger partial charge on any atom is -0.507 e. The summed E-state index contributed by atoms with van der Waals surface area (Å²) in [4.78, 5) is -0.527. The van der Waals surface area contributed by atoms with Gasteiger partial charge in [0.2, 0.25) is 10.0 Å². The summed E-state index contributed by atoms with van der Waals surface area (Å²) in [6, 6.07) is 11.8. The van der Waals surface area contributed by atoms with E-state index in [1.54, 1.807) is 12.1 Å². The van der Waals surface area contributed by atoms with Crippen LogP contribution in [-0.2, 0) is 16.6 Å². The van der Waals surface area contributed by atoms with Crippen LogP contribution in [0, 0.1) is 5.82 Å². The van der Waals surface area contributed by atoms with E-state index in [0.29, 0.717) is 5.69 Å². The summed E-state index contributed by atoms with van der Waals surface area (Å²) in [6.45, 7) is -0.125. The van der Waals surface area contributed by atoms with Gasteiger partial charge in [0, 0.05) is 0 Å². The Hall–Kier alpha value is -2.78. The van der Waals surface area contributed by atoms with Crippen molar-refractivity contribution in [3.05, 3.63) is 66.2 Å². The lowest BCUT2D eigenvalue weighted by atomic mass is 10.3. The summed E-state index contributed by atoms with van der Waals surface area (Å²) in [5, 5.41) is 17.3. The number of phenols is 1. The molecule has 0 spiro atoms. The predicted molar refractivity (Wildman–Crippen MR) is 83.4 cm³/mol. The molecule has 0 bridgehead atoms. The molecule has 0 saturated heterocycles. The van der Waals surface area contributed by atoms with Crippen LogP contribution in [0.3, 0.4) is 0 Å². The molecule has 124 valence electrons. The van der Waals surface area contributed by atoms with Crippen LogP contribution in [0.1, 0.15) is 5.69 Å². The number of hydrogen-bond donors (Lipinski definition) is 2. The molecule has 0 unspecified atom stereocenters. The smallest absolute Gasteiger partial charge is 0.244 e. The lowest BCUT2D eigenvalue weighted by Crippen LogP contribution is -2.24. The fourth-order valence-electron chi connectivity index (χ4n) is 2.11. The standard InChI is InChI=1S/C15H13FN4O3S/c16-11-6-7-14(21)15(8-11)24(22,23)18-10-13-9-17-19-20(13)12-4-2-1-3-5-12/h1-9,18,21H,10H2. The van der Waals surface area contributed by atoms with E-state index in [0.717, 1.165) is 23.9 Å². The quantitative estimate of drug-likeness (QED) is 0.730. The van der Waals surface area contributed by atoms with Gasteiger partial charge < -0.3 is 5.11 Å². The highest BCUT2D eigenvalue weighted by Gasteiger charge is 2.20. The van der Waals surface area contributed by atoms with Gasteiger partial charge in [0.1, 0.15) is 16.5 Å². The number of sulfonamides is 1. The number of phenolic OH excluding ortho intramolecular Hbond substituents is 1. The third-order valence-electron chi connectivity index (χ3n) is 3.28. The molecule has 2 N–H and O–H groups in total. The monoisotopic (exact) mass is 348 g/mol. The second kappa shape index (κ2) is 6.38. The zero-order valence-corrected chi connectivity index (χ0v) is 13.1. The first kappa shape index (κ1) is 16.1. The normalized spacial score (nSPS) is 11.5. The summed E-state index contributed by atoms with van der Waals surface area (Å²) < 4.78 is 41.6. The van der Waals surface area contributed by atoms with Gasteiger partial charge in [-0.15, -0.1) is 5.10 Å². The number of hydrogen-bond acceptors (Lipinski definition) is 5. The second-order valence-corrected chi connectivity index (χ2v) is 6.64. The second-order valence-electron chi connectivity index (χ2n) is 4.91. The minimum atomic E-state index is -4.10. The van der Waals surface area contributed by atoms with Crippen LogP contribution in [0.2, 0.25) is 0 Å². The average Bonchev–Trinajstić information content (AvgIpc) is 3.04. The minimum absolute atomic E-state index is 0.125. The van der Waals surface area contributed by atoms with E-state index < -0.39 is 26.5 Å². The van der Waals surface area contributed by atoms with E-state index in [9.17, 15) is 17.9 Å². The third kappa shape index (κ3) is 3.26. The first-order chi connectivity index (χ1) is 11.5. The molecule has 0 aliphatic carbocycles. The van der Waals surface area contributed by atoms with Crippen molar-refractivity contribution in [3.8, 4) is 11.4 Å². The van der Waals surface area contributed by atoms with Crippen LogP contribution < -0.4 is 4.72 Å². The van der Waals surface area contributed by atoms with Gasteiger partial charge in [0.15, 0.2) is 0 Å². The summed E-state index contributed by atoms with van der Waals surface area (Å²) in [5.74, 6) is -1.29. The van der Waals surface area contributed by atoms with Crippen molar-refractivity contribution in [2.75, 3.05) is 0 Å². The number of nitrogens with one attached hydrogen (secondary N) is 1. The van der Waals surface area contributed by atoms with Gasteiger partial charge >= 0.3 is 0 Å². The van der Waals surface area contributed by atoms with E-state index in [4.69, 9.17) is 0 Å². The number of rotatable bonds is 5. The van der Waals surface area contributed by atoms with E-state index in [-0.39, 0.29) is 6.54 Å². The number of nitrogens with zero attached hydrogens (tertiary/aromatic N) is 3. The molecule has 7 nitrogen and oxygen atoms in total. The Labute approximate surface area is 137 Å². The molecule has 9 heteroatoms. The number of benzene rings is 2. The fraction of sp³-hybridized carbons (Fsp3) is 0.0667. The maximum absolute atomic E-state index is 13.2. The molecule has 24 heavy (non-hydrogen) atoms. The molecule has 0 saturated carbocycles. The van der Waals surface area contributed by atoms with E-state index in [1.165, 1.54) is 10.9 Å². The molecule has 1 aromatic heterocycles. The van der Waals surface area contributed by atoms with Crippen LogP contribution in [-0.4, -0.2) is 28.5 Å². The molecule has 0 atom stereocenters. The van der Waals surface area contributed by atoms with Crippen LogP contribution in [0.25, 0.3) is 5.69 Å². The van der Waals surface area contributed by atoms with Crippen molar-refractivity contribution in [2.24, 2.45) is 0 Å². The molecule has 2 aromatic carbocycles. The summed E-state index contributed by atoms with van der Waals surface area (Å²) >= 11 is 0. The number of aromatic nitrogens is 3. The topological polar surface area (TPSA) is 97.1 Å². The largest absolute Gasteiger partial charge is 0.507 e. The van der Waals surface area contributed by atoms with Gasteiger partial charge in [0.05, 0.1) is 24.1 Å². The van der Waals surface area contributed by atoms with Crippen LogP contribution in [0.4, 0.5) is 4.39 Å². The SMILES string of the molecule is O=S(=O)(NCc1cnnn1-c1ccccc1)c1cc(F)ccc1O. The number of para-hydroxylation sites is 1. The summed E-state index contributed by atoms with van der Waals surface area (Å²) in [5.41, 5.74) is 1.21. The zero-order chi connectivity index (χ0) is 17.2. The highest BCUT2D eigenvalue weighted by Crippen LogP contribution is 2.23. The van der Waals surface area contributed by atoms with Crippen molar-refractivity contribution in [1.29, 1.82) is 0 Å². The van der Waals surface area contributed by atoms with Crippen LogP contribution in [0.15, 0.2) is 59.6 Å². The molecule has 3 rings (SSSR count). The zero-order valence-electron chi connectivity index (χ0n) is 12.3.